The summed E-state index contributed by atoms with van der Waals surface area (Å²) < 4.78 is 0. The highest BCUT2D eigenvalue weighted by Gasteiger charge is 2.10. The first-order valence-electron chi connectivity index (χ1n) is 8.93. The largest absolute Gasteiger partial charge is 0.355 e. The lowest BCUT2D eigenvalue weighted by Gasteiger charge is -2.10. The Morgan fingerprint density at radius 2 is 1.78 bits per heavy atom. The van der Waals surface area contributed by atoms with Gasteiger partial charge in [0.05, 0.1) is 10.7 Å². The highest BCUT2D eigenvalue weighted by Crippen LogP contribution is 2.26. The number of hydrogen-bond donors (Lipinski definition) is 1. The van der Waals surface area contributed by atoms with E-state index >= 15 is 0 Å². The molecule has 1 amide bonds. The Balaban J connectivity index is 1.78. The molecule has 3 aromatic rings. The minimum Gasteiger partial charge on any atom is -0.355 e. The monoisotopic (exact) mass is 442 g/mol. The fourth-order valence-corrected chi connectivity index (χ4v) is 4.38. The molecular formula is C22H23BrN2OS. The second kappa shape index (κ2) is 8.81. The molecule has 0 aliphatic rings. The quantitative estimate of drug-likeness (QED) is 0.525. The second-order valence-electron chi connectivity index (χ2n) is 6.60. The van der Waals surface area contributed by atoms with Crippen molar-refractivity contribution in [1.29, 1.82) is 0 Å². The summed E-state index contributed by atoms with van der Waals surface area (Å²) in [5, 5.41) is 6.82. The molecule has 0 atom stereocenters. The molecule has 0 saturated carbocycles. The number of hydrogen-bond acceptors (Lipinski definition) is 3. The van der Waals surface area contributed by atoms with E-state index in [2.05, 4.69) is 52.6 Å². The van der Waals surface area contributed by atoms with Crippen molar-refractivity contribution in [2.75, 3.05) is 12.4 Å². The highest BCUT2D eigenvalue weighted by molar-refractivity contribution is 9.09. The van der Waals surface area contributed by atoms with Crippen molar-refractivity contribution in [2.45, 2.75) is 26.7 Å². The van der Waals surface area contributed by atoms with Crippen LogP contribution in [0.1, 0.15) is 37.6 Å². The van der Waals surface area contributed by atoms with Gasteiger partial charge in [-0.1, -0.05) is 40.2 Å². The van der Waals surface area contributed by atoms with Gasteiger partial charge in [0.2, 0.25) is 0 Å². The van der Waals surface area contributed by atoms with Crippen LogP contribution < -0.4 is 5.32 Å². The summed E-state index contributed by atoms with van der Waals surface area (Å²) in [4.78, 5) is 16.5. The Hall–Kier alpha value is -1.98. The SMILES string of the molecule is CNC(=O)c1ccc(-c2csc(Cc3cc(C)c(CCBr)cc3C)n2)cc1. The zero-order valence-corrected chi connectivity index (χ0v) is 18.2. The smallest absolute Gasteiger partial charge is 0.251 e. The van der Waals surface area contributed by atoms with Gasteiger partial charge in [0, 0.05) is 35.3 Å². The van der Waals surface area contributed by atoms with Crippen LogP contribution >= 0.6 is 27.3 Å². The van der Waals surface area contributed by atoms with Crippen molar-refractivity contribution < 1.29 is 4.79 Å². The van der Waals surface area contributed by atoms with Gasteiger partial charge >= 0.3 is 0 Å². The minimum absolute atomic E-state index is 0.0743. The van der Waals surface area contributed by atoms with E-state index in [-0.39, 0.29) is 5.91 Å². The summed E-state index contributed by atoms with van der Waals surface area (Å²) in [7, 11) is 1.64. The van der Waals surface area contributed by atoms with E-state index in [9.17, 15) is 4.79 Å². The molecule has 0 spiro atoms. The summed E-state index contributed by atoms with van der Waals surface area (Å²) in [6, 6.07) is 12.2. The van der Waals surface area contributed by atoms with Crippen LogP contribution in [0.3, 0.4) is 0 Å². The van der Waals surface area contributed by atoms with Gasteiger partial charge in [-0.05, 0) is 54.7 Å². The summed E-state index contributed by atoms with van der Waals surface area (Å²) in [6.07, 6.45) is 1.91. The second-order valence-corrected chi connectivity index (χ2v) is 8.34. The number of aromatic nitrogens is 1. The van der Waals surface area contributed by atoms with Crippen LogP contribution in [0.2, 0.25) is 0 Å². The van der Waals surface area contributed by atoms with Crippen LogP contribution in [0, 0.1) is 13.8 Å². The third kappa shape index (κ3) is 4.66. The summed E-state index contributed by atoms with van der Waals surface area (Å²) in [6.45, 7) is 4.36. The van der Waals surface area contributed by atoms with Crippen molar-refractivity contribution in [3.8, 4) is 11.3 Å². The number of benzene rings is 2. The van der Waals surface area contributed by atoms with E-state index in [1.165, 1.54) is 22.3 Å². The van der Waals surface area contributed by atoms with Gasteiger partial charge in [-0.3, -0.25) is 4.79 Å². The fourth-order valence-electron chi connectivity index (χ4n) is 3.12. The number of rotatable bonds is 6. The van der Waals surface area contributed by atoms with Crippen molar-refractivity contribution in [1.82, 2.24) is 10.3 Å². The van der Waals surface area contributed by atoms with Crippen LogP contribution in [0.5, 0.6) is 0 Å². The lowest BCUT2D eigenvalue weighted by atomic mass is 9.97. The van der Waals surface area contributed by atoms with Crippen LogP contribution in [-0.4, -0.2) is 23.3 Å². The number of carbonyl (C=O) groups is 1. The molecule has 1 aromatic heterocycles. The predicted molar refractivity (Wildman–Crippen MR) is 117 cm³/mol. The number of amides is 1. The van der Waals surface area contributed by atoms with Gasteiger partial charge in [0.25, 0.3) is 5.91 Å². The van der Waals surface area contributed by atoms with E-state index in [0.717, 1.165) is 34.4 Å². The van der Waals surface area contributed by atoms with Crippen LogP contribution in [0.15, 0.2) is 41.8 Å². The zero-order chi connectivity index (χ0) is 19.4. The Morgan fingerprint density at radius 1 is 1.11 bits per heavy atom. The normalized spacial score (nSPS) is 10.8. The topological polar surface area (TPSA) is 42.0 Å². The van der Waals surface area contributed by atoms with Crippen molar-refractivity contribution in [3.63, 3.8) is 0 Å². The molecule has 0 unspecified atom stereocenters. The lowest BCUT2D eigenvalue weighted by Crippen LogP contribution is -2.17. The maximum atomic E-state index is 11.7. The number of carbonyl (C=O) groups excluding carboxylic acids is 1. The van der Waals surface area contributed by atoms with Gasteiger partial charge in [-0.2, -0.15) is 0 Å². The lowest BCUT2D eigenvalue weighted by molar-refractivity contribution is 0.0963. The van der Waals surface area contributed by atoms with Crippen LogP contribution in [0.25, 0.3) is 11.3 Å². The molecule has 0 saturated heterocycles. The van der Waals surface area contributed by atoms with E-state index in [1.54, 1.807) is 18.4 Å². The fraction of sp³-hybridized carbons (Fsp3) is 0.273. The standard InChI is InChI=1S/C22H23BrN2OS/c1-14-11-19(15(2)10-18(14)8-9-23)12-21-25-20(13-27-21)16-4-6-17(7-5-16)22(26)24-3/h4-7,10-11,13H,8-9,12H2,1-3H3,(H,24,26). The van der Waals surface area contributed by atoms with Crippen molar-refractivity contribution in [3.05, 3.63) is 74.6 Å². The van der Waals surface area contributed by atoms with Gasteiger partial charge in [-0.15, -0.1) is 11.3 Å². The molecule has 0 radical (unpaired) electrons. The average molecular weight is 443 g/mol. The van der Waals surface area contributed by atoms with Crippen molar-refractivity contribution >= 4 is 33.2 Å². The number of aryl methyl sites for hydroxylation is 3. The molecule has 0 aliphatic heterocycles. The van der Waals surface area contributed by atoms with Crippen LogP contribution in [0.4, 0.5) is 0 Å². The molecule has 27 heavy (non-hydrogen) atoms. The molecule has 0 fully saturated rings. The Bertz CT molecular complexity index is 947. The van der Waals surface area contributed by atoms with Gasteiger partial charge in [0.1, 0.15) is 0 Å². The Kier molecular flexibility index (Phi) is 6.45. The Morgan fingerprint density at radius 3 is 2.44 bits per heavy atom. The molecule has 0 aliphatic carbocycles. The first-order chi connectivity index (χ1) is 13.0. The number of nitrogens with zero attached hydrogens (tertiary/aromatic N) is 1. The minimum atomic E-state index is -0.0743. The number of thiazole rings is 1. The van der Waals surface area contributed by atoms with E-state index in [0.29, 0.717) is 5.56 Å². The summed E-state index contributed by atoms with van der Waals surface area (Å²) >= 11 is 5.21. The van der Waals surface area contributed by atoms with Gasteiger partial charge < -0.3 is 5.32 Å². The zero-order valence-electron chi connectivity index (χ0n) is 15.8. The third-order valence-electron chi connectivity index (χ3n) is 4.72. The molecule has 5 heteroatoms. The maximum absolute atomic E-state index is 11.7. The number of halogens is 1. The van der Waals surface area contributed by atoms with E-state index in [4.69, 9.17) is 4.98 Å². The summed E-state index contributed by atoms with van der Waals surface area (Å²) in [5.74, 6) is -0.0743. The molecule has 3 rings (SSSR count). The first-order valence-corrected chi connectivity index (χ1v) is 10.9. The molecular weight excluding hydrogens is 420 g/mol. The first kappa shape index (κ1) is 19.8. The molecule has 0 bridgehead atoms. The van der Waals surface area contributed by atoms with Gasteiger partial charge in [-0.25, -0.2) is 4.98 Å². The Labute approximate surface area is 173 Å². The van der Waals surface area contributed by atoms with E-state index in [1.807, 2.05) is 24.3 Å². The van der Waals surface area contributed by atoms with Crippen LogP contribution in [-0.2, 0) is 12.8 Å². The average Bonchev–Trinajstić information content (AvgIpc) is 3.14. The van der Waals surface area contributed by atoms with Crippen molar-refractivity contribution in [2.24, 2.45) is 0 Å². The third-order valence-corrected chi connectivity index (χ3v) is 5.97. The number of nitrogens with one attached hydrogen (secondary N) is 1. The van der Waals surface area contributed by atoms with E-state index < -0.39 is 0 Å². The van der Waals surface area contributed by atoms with Gasteiger partial charge in [0.15, 0.2) is 0 Å². The summed E-state index contributed by atoms with van der Waals surface area (Å²) in [5.41, 5.74) is 8.06. The molecule has 1 heterocycles. The molecule has 2 aromatic carbocycles. The molecule has 1 N–H and O–H groups in total. The molecule has 3 nitrogen and oxygen atoms in total. The maximum Gasteiger partial charge on any atom is 0.251 e. The highest BCUT2D eigenvalue weighted by atomic mass is 79.9. The predicted octanol–water partition coefficient (Wildman–Crippen LogP) is 5.31. The molecule has 140 valence electrons. The number of alkyl halides is 1.